The first kappa shape index (κ1) is 9.45. The molecule has 0 radical (unpaired) electrons. The van der Waals surface area contributed by atoms with Gasteiger partial charge in [0, 0.05) is 19.3 Å². The van der Waals surface area contributed by atoms with Crippen molar-refractivity contribution in [1.82, 2.24) is 9.78 Å². The fraction of sp³-hybridized carbons (Fsp3) is 0.667. The molecular weight excluding hydrogens is 279 g/mol. The first-order valence-electron chi connectivity index (χ1n) is 4.65. The molecule has 0 aliphatic carbocycles. The van der Waals surface area contributed by atoms with Gasteiger partial charge in [0.2, 0.25) is 0 Å². The molecule has 0 N–H and O–H groups in total. The topological polar surface area (TPSA) is 27.1 Å². The molecule has 2 rings (SSSR count). The molecule has 1 fully saturated rings. The number of rotatable bonds is 3. The molecular formula is C9H13IN2O. The van der Waals surface area contributed by atoms with Gasteiger partial charge in [-0.3, -0.25) is 4.68 Å². The van der Waals surface area contributed by atoms with E-state index in [1.807, 2.05) is 16.9 Å². The summed E-state index contributed by atoms with van der Waals surface area (Å²) in [6, 6.07) is 2.02. The Bertz CT molecular complexity index is 268. The lowest BCUT2D eigenvalue weighted by Gasteiger charge is -2.08. The second-order valence-corrected chi connectivity index (χ2v) is 4.43. The van der Waals surface area contributed by atoms with E-state index in [-0.39, 0.29) is 0 Å². The third kappa shape index (κ3) is 2.67. The molecule has 1 aromatic heterocycles. The molecule has 1 aliphatic rings. The van der Waals surface area contributed by atoms with E-state index in [1.165, 1.54) is 12.8 Å². The number of hydrogen-bond donors (Lipinski definition) is 0. The van der Waals surface area contributed by atoms with E-state index >= 15 is 0 Å². The molecule has 1 aromatic rings. The van der Waals surface area contributed by atoms with Gasteiger partial charge in [-0.1, -0.05) is 0 Å². The maximum atomic E-state index is 5.54. The highest BCUT2D eigenvalue weighted by atomic mass is 127. The van der Waals surface area contributed by atoms with Crippen molar-refractivity contribution < 1.29 is 4.74 Å². The Kier molecular flexibility index (Phi) is 3.21. The Balaban J connectivity index is 1.78. The molecule has 1 atom stereocenters. The highest BCUT2D eigenvalue weighted by Crippen LogP contribution is 2.15. The predicted molar refractivity (Wildman–Crippen MR) is 58.5 cm³/mol. The fourth-order valence-corrected chi connectivity index (χ4v) is 2.05. The van der Waals surface area contributed by atoms with E-state index in [0.29, 0.717) is 6.10 Å². The van der Waals surface area contributed by atoms with Crippen LogP contribution in [-0.2, 0) is 11.3 Å². The molecule has 72 valence electrons. The van der Waals surface area contributed by atoms with Crippen LogP contribution in [0.5, 0.6) is 0 Å². The van der Waals surface area contributed by atoms with E-state index in [1.54, 1.807) is 0 Å². The quantitative estimate of drug-likeness (QED) is 0.797. The van der Waals surface area contributed by atoms with Crippen LogP contribution in [0.4, 0.5) is 0 Å². The Morgan fingerprint density at radius 1 is 1.69 bits per heavy atom. The number of ether oxygens (including phenoxy) is 1. The van der Waals surface area contributed by atoms with Crippen molar-refractivity contribution in [2.75, 3.05) is 6.61 Å². The van der Waals surface area contributed by atoms with E-state index < -0.39 is 0 Å². The smallest absolute Gasteiger partial charge is 0.123 e. The van der Waals surface area contributed by atoms with Gasteiger partial charge >= 0.3 is 0 Å². The molecule has 0 spiro atoms. The average Bonchev–Trinajstić information content (AvgIpc) is 2.71. The summed E-state index contributed by atoms with van der Waals surface area (Å²) in [7, 11) is 0. The second kappa shape index (κ2) is 4.41. The largest absolute Gasteiger partial charge is 0.378 e. The highest BCUT2D eigenvalue weighted by molar-refractivity contribution is 14.1. The Labute approximate surface area is 91.6 Å². The molecule has 0 saturated carbocycles. The molecule has 0 aromatic carbocycles. The van der Waals surface area contributed by atoms with E-state index in [4.69, 9.17) is 4.74 Å². The lowest BCUT2D eigenvalue weighted by Crippen LogP contribution is -2.10. The van der Waals surface area contributed by atoms with Gasteiger partial charge < -0.3 is 4.74 Å². The SMILES string of the molecule is Ic1ccn(CCC2CCCO2)n1. The van der Waals surface area contributed by atoms with Gasteiger partial charge in [-0.05, 0) is 47.9 Å². The zero-order valence-electron chi connectivity index (χ0n) is 7.45. The van der Waals surface area contributed by atoms with Gasteiger partial charge in [0.15, 0.2) is 0 Å². The summed E-state index contributed by atoms with van der Waals surface area (Å²) in [6.45, 7) is 1.93. The van der Waals surface area contributed by atoms with E-state index in [0.717, 1.165) is 23.3 Å². The van der Waals surface area contributed by atoms with E-state index in [9.17, 15) is 0 Å². The molecule has 4 heteroatoms. The van der Waals surface area contributed by atoms with Crippen LogP contribution in [0, 0.1) is 3.70 Å². The molecule has 1 unspecified atom stereocenters. The van der Waals surface area contributed by atoms with Crippen molar-refractivity contribution in [3.63, 3.8) is 0 Å². The van der Waals surface area contributed by atoms with Gasteiger partial charge in [0.25, 0.3) is 0 Å². The van der Waals surface area contributed by atoms with Crippen LogP contribution in [0.3, 0.4) is 0 Å². The first-order valence-corrected chi connectivity index (χ1v) is 5.73. The fourth-order valence-electron chi connectivity index (χ4n) is 1.61. The lowest BCUT2D eigenvalue weighted by molar-refractivity contribution is 0.0994. The number of nitrogens with zero attached hydrogens (tertiary/aromatic N) is 2. The van der Waals surface area contributed by atoms with Gasteiger partial charge in [0.1, 0.15) is 3.70 Å². The van der Waals surface area contributed by atoms with Crippen molar-refractivity contribution in [3.8, 4) is 0 Å². The summed E-state index contributed by atoms with van der Waals surface area (Å²) in [5, 5.41) is 4.32. The summed E-state index contributed by atoms with van der Waals surface area (Å²) < 4.78 is 8.59. The second-order valence-electron chi connectivity index (χ2n) is 3.33. The maximum absolute atomic E-state index is 5.54. The molecule has 0 bridgehead atoms. The standard InChI is InChI=1S/C9H13IN2O/c10-9-4-6-12(11-9)5-3-8-2-1-7-13-8/h4,6,8H,1-3,5,7H2. The number of aryl methyl sites for hydroxylation is 1. The maximum Gasteiger partial charge on any atom is 0.123 e. The summed E-state index contributed by atoms with van der Waals surface area (Å²) in [5.74, 6) is 0. The zero-order valence-corrected chi connectivity index (χ0v) is 9.61. The van der Waals surface area contributed by atoms with Crippen molar-refractivity contribution in [2.24, 2.45) is 0 Å². The van der Waals surface area contributed by atoms with Gasteiger partial charge in [-0.25, -0.2) is 0 Å². The lowest BCUT2D eigenvalue weighted by atomic mass is 10.2. The molecule has 1 saturated heterocycles. The van der Waals surface area contributed by atoms with Crippen LogP contribution >= 0.6 is 22.6 Å². The molecule has 0 amide bonds. The van der Waals surface area contributed by atoms with Crippen LogP contribution in [0.15, 0.2) is 12.3 Å². The number of halogens is 1. The normalized spacial score (nSPS) is 22.4. The summed E-state index contributed by atoms with van der Waals surface area (Å²) in [6.07, 6.45) is 6.04. The van der Waals surface area contributed by atoms with Crippen LogP contribution in [0.1, 0.15) is 19.3 Å². The van der Waals surface area contributed by atoms with Crippen LogP contribution in [0.25, 0.3) is 0 Å². The van der Waals surface area contributed by atoms with Crippen molar-refractivity contribution in [3.05, 3.63) is 16.0 Å². The van der Waals surface area contributed by atoms with Crippen molar-refractivity contribution in [2.45, 2.75) is 31.9 Å². The highest BCUT2D eigenvalue weighted by Gasteiger charge is 2.14. The van der Waals surface area contributed by atoms with E-state index in [2.05, 4.69) is 27.7 Å². The number of hydrogen-bond acceptors (Lipinski definition) is 2. The molecule has 13 heavy (non-hydrogen) atoms. The Hall–Kier alpha value is -0.100. The van der Waals surface area contributed by atoms with Crippen molar-refractivity contribution in [1.29, 1.82) is 0 Å². The average molecular weight is 292 g/mol. The third-order valence-electron chi connectivity index (χ3n) is 2.31. The molecule has 3 nitrogen and oxygen atoms in total. The van der Waals surface area contributed by atoms with Gasteiger partial charge in [-0.2, -0.15) is 5.10 Å². The summed E-state index contributed by atoms with van der Waals surface area (Å²) in [5.41, 5.74) is 0. The molecule has 2 heterocycles. The van der Waals surface area contributed by atoms with Crippen LogP contribution in [0.2, 0.25) is 0 Å². The Morgan fingerprint density at radius 2 is 2.62 bits per heavy atom. The van der Waals surface area contributed by atoms with Crippen molar-refractivity contribution >= 4 is 22.6 Å². The summed E-state index contributed by atoms with van der Waals surface area (Å²) >= 11 is 2.23. The summed E-state index contributed by atoms with van der Waals surface area (Å²) in [4.78, 5) is 0. The third-order valence-corrected chi connectivity index (χ3v) is 2.89. The van der Waals surface area contributed by atoms with Crippen LogP contribution in [-0.4, -0.2) is 22.5 Å². The van der Waals surface area contributed by atoms with Gasteiger partial charge in [-0.15, -0.1) is 0 Å². The monoisotopic (exact) mass is 292 g/mol. The first-order chi connectivity index (χ1) is 6.34. The zero-order chi connectivity index (χ0) is 9.10. The van der Waals surface area contributed by atoms with Gasteiger partial charge in [0.05, 0.1) is 6.10 Å². The minimum Gasteiger partial charge on any atom is -0.378 e. The number of aromatic nitrogens is 2. The predicted octanol–water partition coefficient (Wildman–Crippen LogP) is 2.06. The minimum atomic E-state index is 0.474. The van der Waals surface area contributed by atoms with Crippen LogP contribution < -0.4 is 0 Å². The minimum absolute atomic E-state index is 0.474. The molecule has 1 aliphatic heterocycles. The Morgan fingerprint density at radius 3 is 3.23 bits per heavy atom.